The maximum atomic E-state index is 12.8. The Morgan fingerprint density at radius 1 is 1.23 bits per heavy atom. The third kappa shape index (κ3) is 4.79. The first-order valence-corrected chi connectivity index (χ1v) is 10.3. The van der Waals surface area contributed by atoms with Crippen LogP contribution in [0.2, 0.25) is 0 Å². The van der Waals surface area contributed by atoms with Crippen LogP contribution in [0.1, 0.15) is 24.0 Å². The molecule has 4 rings (SSSR count). The van der Waals surface area contributed by atoms with Crippen molar-refractivity contribution < 1.29 is 37.0 Å². The smallest absolute Gasteiger partial charge is 0.416 e. The Morgan fingerprint density at radius 3 is 2.71 bits per heavy atom. The zero-order chi connectivity index (χ0) is 22.2. The lowest BCUT2D eigenvalue weighted by atomic mass is 9.88. The molecule has 3 fully saturated rings. The largest absolute Gasteiger partial charge is 0.496 e. The predicted molar refractivity (Wildman–Crippen MR) is 103 cm³/mol. The zero-order valence-electron chi connectivity index (χ0n) is 17.2. The number of urea groups is 1. The standard InChI is InChI=1S/C21H25F3N2O5/c1-29-19-7-15(21(22,23)24)3-2-13(19)11-30-17-9-26(10-17)20(28)25-5-4-18-14(8-25)6-16(27)12-31-18/h2-3,7,14,17-18H,4-6,8-12H2,1H3/t14-,18+/m1/s1. The molecule has 0 aromatic heterocycles. The summed E-state index contributed by atoms with van der Waals surface area (Å²) >= 11 is 0. The number of halogens is 3. The second kappa shape index (κ2) is 8.66. The summed E-state index contributed by atoms with van der Waals surface area (Å²) in [5.74, 6) is 0.250. The number of alkyl halides is 3. The monoisotopic (exact) mass is 442 g/mol. The van der Waals surface area contributed by atoms with Crippen molar-refractivity contribution in [2.45, 2.75) is 37.8 Å². The van der Waals surface area contributed by atoms with Crippen LogP contribution in [0.4, 0.5) is 18.0 Å². The molecule has 2 amide bonds. The molecule has 3 heterocycles. The van der Waals surface area contributed by atoms with Crippen molar-refractivity contribution in [3.05, 3.63) is 29.3 Å². The summed E-state index contributed by atoms with van der Waals surface area (Å²) in [5, 5.41) is 0. The number of hydrogen-bond acceptors (Lipinski definition) is 5. The van der Waals surface area contributed by atoms with Gasteiger partial charge in [0.2, 0.25) is 0 Å². The molecule has 3 saturated heterocycles. The second-order valence-corrected chi connectivity index (χ2v) is 8.23. The van der Waals surface area contributed by atoms with Crippen LogP contribution in [-0.2, 0) is 27.1 Å². The molecule has 0 saturated carbocycles. The van der Waals surface area contributed by atoms with Gasteiger partial charge in [0.15, 0.2) is 5.78 Å². The topological polar surface area (TPSA) is 68.3 Å². The van der Waals surface area contributed by atoms with Crippen molar-refractivity contribution in [2.75, 3.05) is 39.9 Å². The van der Waals surface area contributed by atoms with Gasteiger partial charge in [-0.1, -0.05) is 6.07 Å². The number of hydrogen-bond donors (Lipinski definition) is 0. The highest BCUT2D eigenvalue weighted by Crippen LogP contribution is 2.34. The normalized spacial score (nSPS) is 24.6. The molecule has 170 valence electrons. The lowest BCUT2D eigenvalue weighted by Crippen LogP contribution is -2.61. The van der Waals surface area contributed by atoms with Gasteiger partial charge in [0.25, 0.3) is 0 Å². The minimum absolute atomic E-state index is 0.0490. The highest BCUT2D eigenvalue weighted by Gasteiger charge is 2.40. The van der Waals surface area contributed by atoms with Gasteiger partial charge >= 0.3 is 12.2 Å². The maximum absolute atomic E-state index is 12.8. The van der Waals surface area contributed by atoms with Crippen LogP contribution in [0, 0.1) is 5.92 Å². The molecule has 0 radical (unpaired) electrons. The fourth-order valence-electron chi connectivity index (χ4n) is 4.30. The van der Waals surface area contributed by atoms with Gasteiger partial charge in [-0.05, 0) is 18.6 Å². The zero-order valence-corrected chi connectivity index (χ0v) is 17.2. The van der Waals surface area contributed by atoms with Gasteiger partial charge in [-0.2, -0.15) is 13.2 Å². The van der Waals surface area contributed by atoms with Crippen molar-refractivity contribution in [1.29, 1.82) is 0 Å². The van der Waals surface area contributed by atoms with Gasteiger partial charge in [0.1, 0.15) is 12.4 Å². The van der Waals surface area contributed by atoms with E-state index in [2.05, 4.69) is 0 Å². The number of likely N-dealkylation sites (tertiary alicyclic amines) is 2. The number of amides is 2. The third-order valence-electron chi connectivity index (χ3n) is 6.09. The Morgan fingerprint density at radius 2 is 2.00 bits per heavy atom. The number of nitrogens with zero attached hydrogens (tertiary/aromatic N) is 2. The predicted octanol–water partition coefficient (Wildman–Crippen LogP) is 2.71. The number of benzene rings is 1. The molecule has 0 spiro atoms. The van der Waals surface area contributed by atoms with Crippen LogP contribution in [-0.4, -0.2) is 73.7 Å². The van der Waals surface area contributed by atoms with Gasteiger partial charge in [-0.15, -0.1) is 0 Å². The van der Waals surface area contributed by atoms with Crippen LogP contribution in [0.25, 0.3) is 0 Å². The SMILES string of the molecule is COc1cc(C(F)(F)F)ccc1COC1CN(C(=O)N2CC[C@@H]3OCC(=O)C[C@@H]3C2)C1. The molecule has 3 aliphatic rings. The molecule has 1 aromatic carbocycles. The van der Waals surface area contributed by atoms with Crippen molar-refractivity contribution in [3.63, 3.8) is 0 Å². The summed E-state index contributed by atoms with van der Waals surface area (Å²) < 4.78 is 54.9. The molecule has 10 heteroatoms. The van der Waals surface area contributed by atoms with E-state index in [1.54, 1.807) is 9.80 Å². The number of fused-ring (bicyclic) bond motifs is 1. The second-order valence-electron chi connectivity index (χ2n) is 8.23. The van der Waals surface area contributed by atoms with E-state index in [1.807, 2.05) is 0 Å². The van der Waals surface area contributed by atoms with Gasteiger partial charge in [0, 0.05) is 31.0 Å². The van der Waals surface area contributed by atoms with Crippen LogP contribution in [0.5, 0.6) is 5.75 Å². The Hall–Kier alpha value is -2.33. The number of ether oxygens (including phenoxy) is 3. The van der Waals surface area contributed by atoms with Crippen molar-refractivity contribution >= 4 is 11.8 Å². The van der Waals surface area contributed by atoms with Gasteiger partial charge in [-0.25, -0.2) is 4.79 Å². The van der Waals surface area contributed by atoms with Gasteiger partial charge in [-0.3, -0.25) is 4.79 Å². The van der Waals surface area contributed by atoms with E-state index in [-0.39, 0.29) is 48.9 Å². The number of methoxy groups -OCH3 is 1. The number of ketones is 1. The van der Waals surface area contributed by atoms with Gasteiger partial charge in [0.05, 0.1) is 44.6 Å². The molecule has 0 aliphatic carbocycles. The average molecular weight is 442 g/mol. The fraction of sp³-hybridized carbons (Fsp3) is 0.619. The molecule has 2 atom stereocenters. The van der Waals surface area contributed by atoms with E-state index >= 15 is 0 Å². The minimum atomic E-state index is -4.44. The van der Waals surface area contributed by atoms with E-state index in [0.717, 1.165) is 18.6 Å². The van der Waals surface area contributed by atoms with E-state index < -0.39 is 11.7 Å². The Kier molecular flexibility index (Phi) is 6.11. The van der Waals surface area contributed by atoms with E-state index in [9.17, 15) is 22.8 Å². The molecule has 1 aromatic rings. The Labute approximate surface area is 178 Å². The molecule has 7 nitrogen and oxygen atoms in total. The van der Waals surface area contributed by atoms with Crippen molar-refractivity contribution in [2.24, 2.45) is 5.92 Å². The Bertz CT molecular complexity index is 841. The van der Waals surface area contributed by atoms with Crippen LogP contribution >= 0.6 is 0 Å². The molecular formula is C21H25F3N2O5. The summed E-state index contributed by atoms with van der Waals surface area (Å²) in [5.41, 5.74) is -0.258. The lowest BCUT2D eigenvalue weighted by molar-refractivity contribution is -0.140. The number of piperidine rings is 1. The average Bonchev–Trinajstić information content (AvgIpc) is 2.71. The first-order valence-electron chi connectivity index (χ1n) is 10.3. The number of carbonyl (C=O) groups excluding carboxylic acids is 2. The number of carbonyl (C=O) groups is 2. The maximum Gasteiger partial charge on any atom is 0.416 e. The van der Waals surface area contributed by atoms with Crippen molar-refractivity contribution in [3.8, 4) is 5.75 Å². The lowest BCUT2D eigenvalue weighted by Gasteiger charge is -2.45. The highest BCUT2D eigenvalue weighted by atomic mass is 19.4. The molecule has 31 heavy (non-hydrogen) atoms. The van der Waals surface area contributed by atoms with Gasteiger partial charge < -0.3 is 24.0 Å². The number of Topliss-reactive ketones (excluding diaryl/α,β-unsaturated/α-hetero) is 1. The summed E-state index contributed by atoms with van der Waals surface area (Å²) in [6, 6.07) is 3.23. The number of rotatable bonds is 4. The molecule has 3 aliphatic heterocycles. The first-order chi connectivity index (χ1) is 14.7. The quantitative estimate of drug-likeness (QED) is 0.718. The summed E-state index contributed by atoms with van der Waals surface area (Å²) in [4.78, 5) is 27.8. The highest BCUT2D eigenvalue weighted by molar-refractivity contribution is 5.81. The van der Waals surface area contributed by atoms with Crippen LogP contribution in [0.3, 0.4) is 0 Å². The summed E-state index contributed by atoms with van der Waals surface area (Å²) in [6.45, 7) is 2.22. The van der Waals surface area contributed by atoms with E-state index in [4.69, 9.17) is 14.2 Å². The summed E-state index contributed by atoms with van der Waals surface area (Å²) in [6.07, 6.45) is -3.39. The van der Waals surface area contributed by atoms with Crippen LogP contribution < -0.4 is 4.74 Å². The Balaban J connectivity index is 1.25. The third-order valence-corrected chi connectivity index (χ3v) is 6.09. The molecule has 0 unspecified atom stereocenters. The molecule has 0 bridgehead atoms. The first kappa shape index (κ1) is 21.9. The van der Waals surface area contributed by atoms with E-state index in [1.165, 1.54) is 13.2 Å². The van der Waals surface area contributed by atoms with E-state index in [0.29, 0.717) is 38.2 Å². The fourth-order valence-corrected chi connectivity index (χ4v) is 4.30. The van der Waals surface area contributed by atoms with Crippen LogP contribution in [0.15, 0.2) is 18.2 Å². The molecule has 0 N–H and O–H groups in total. The molecular weight excluding hydrogens is 417 g/mol. The van der Waals surface area contributed by atoms with Crippen molar-refractivity contribution in [1.82, 2.24) is 9.80 Å². The minimum Gasteiger partial charge on any atom is -0.496 e. The summed E-state index contributed by atoms with van der Waals surface area (Å²) in [7, 11) is 1.32.